The fourth-order valence-corrected chi connectivity index (χ4v) is 3.11. The minimum atomic E-state index is -1.03. The van der Waals surface area contributed by atoms with Gasteiger partial charge >= 0.3 is 5.97 Å². The topological polar surface area (TPSA) is 92.3 Å². The van der Waals surface area contributed by atoms with E-state index < -0.39 is 23.5 Å². The maximum Gasteiger partial charge on any atom is 0.311 e. The molecule has 29 heavy (non-hydrogen) atoms. The van der Waals surface area contributed by atoms with Crippen LogP contribution < -0.4 is 5.32 Å². The lowest BCUT2D eigenvalue weighted by Gasteiger charge is -2.28. The zero-order chi connectivity index (χ0) is 21.2. The van der Waals surface area contributed by atoms with E-state index in [1.807, 2.05) is 50.2 Å². The number of hydrogen-bond donors (Lipinski definition) is 1. The lowest BCUT2D eigenvalue weighted by Crippen LogP contribution is -2.52. The van der Waals surface area contributed by atoms with E-state index in [-0.39, 0.29) is 12.3 Å². The van der Waals surface area contributed by atoms with Gasteiger partial charge in [0.2, 0.25) is 0 Å². The third-order valence-corrected chi connectivity index (χ3v) is 5.32. The number of esters is 1. The fourth-order valence-electron chi connectivity index (χ4n) is 3.11. The number of fused-ring (bicyclic) bond motifs is 3. The van der Waals surface area contributed by atoms with E-state index in [1.165, 1.54) is 6.92 Å². The lowest BCUT2D eigenvalue weighted by atomic mass is 9.90. The van der Waals surface area contributed by atoms with E-state index in [2.05, 4.69) is 11.4 Å². The first-order valence-corrected chi connectivity index (χ1v) is 9.55. The summed E-state index contributed by atoms with van der Waals surface area (Å²) in [6, 6.07) is 13.8. The second kappa shape index (κ2) is 7.96. The van der Waals surface area contributed by atoms with Crippen LogP contribution in [0.5, 0.6) is 0 Å². The Morgan fingerprint density at radius 2 is 1.93 bits per heavy atom. The summed E-state index contributed by atoms with van der Waals surface area (Å²) in [6.45, 7) is 6.82. The van der Waals surface area contributed by atoms with E-state index in [0.29, 0.717) is 11.1 Å². The average Bonchev–Trinajstić information content (AvgIpc) is 3.10. The first-order chi connectivity index (χ1) is 13.7. The summed E-state index contributed by atoms with van der Waals surface area (Å²) in [6.07, 6.45) is 0.524. The Kier molecular flexibility index (Phi) is 5.60. The number of carbonyl (C=O) groups excluding carboxylic acids is 2. The molecule has 0 radical (unpaired) electrons. The summed E-state index contributed by atoms with van der Waals surface area (Å²) in [5, 5.41) is 14.9. The average molecular weight is 392 g/mol. The van der Waals surface area contributed by atoms with E-state index in [9.17, 15) is 14.9 Å². The van der Waals surface area contributed by atoms with Crippen LogP contribution in [-0.2, 0) is 20.7 Å². The minimum Gasteiger partial charge on any atom is -0.464 e. The highest BCUT2D eigenvalue weighted by Crippen LogP contribution is 2.30. The van der Waals surface area contributed by atoms with Crippen molar-refractivity contribution in [3.63, 3.8) is 0 Å². The Labute approximate surface area is 169 Å². The molecule has 6 nitrogen and oxygen atoms in total. The van der Waals surface area contributed by atoms with E-state index >= 15 is 0 Å². The van der Waals surface area contributed by atoms with Crippen molar-refractivity contribution in [2.45, 2.75) is 45.8 Å². The standard InChI is InChI=1S/C23H24N2O4/c1-14(2)23(4,13-24)25-22(27)15(3)29-20(26)11-17-12-28-19-10-9-16-7-5-6-8-18(16)21(17)19/h5-10,12,14-15H,11H2,1-4H3,(H,25,27)/t15-,23-/m1/s1. The number of nitrogens with zero attached hydrogens (tertiary/aromatic N) is 1. The van der Waals surface area contributed by atoms with Crippen LogP contribution in [0.4, 0.5) is 0 Å². The van der Waals surface area contributed by atoms with Gasteiger partial charge in [0.25, 0.3) is 5.91 Å². The molecule has 1 N–H and O–H groups in total. The Balaban J connectivity index is 1.74. The van der Waals surface area contributed by atoms with Crippen LogP contribution >= 0.6 is 0 Å². The Morgan fingerprint density at radius 3 is 2.62 bits per heavy atom. The highest BCUT2D eigenvalue weighted by Gasteiger charge is 2.32. The Bertz CT molecular complexity index is 1110. The number of carbonyl (C=O) groups is 2. The molecule has 0 aliphatic rings. The van der Waals surface area contributed by atoms with Crippen LogP contribution in [0.15, 0.2) is 47.1 Å². The number of amides is 1. The number of furan rings is 1. The second-order valence-corrected chi connectivity index (χ2v) is 7.69. The summed E-state index contributed by atoms with van der Waals surface area (Å²) in [5.74, 6) is -1.13. The first-order valence-electron chi connectivity index (χ1n) is 9.55. The van der Waals surface area contributed by atoms with Gasteiger partial charge in [-0.15, -0.1) is 0 Å². The first kappa shape index (κ1) is 20.4. The molecule has 0 unspecified atom stereocenters. The van der Waals surface area contributed by atoms with Gasteiger partial charge in [0.1, 0.15) is 11.1 Å². The van der Waals surface area contributed by atoms with Gasteiger partial charge in [-0.1, -0.05) is 44.2 Å². The molecule has 0 saturated carbocycles. The van der Waals surface area contributed by atoms with E-state index in [1.54, 1.807) is 13.2 Å². The van der Waals surface area contributed by atoms with Crippen LogP contribution in [0, 0.1) is 17.2 Å². The number of nitriles is 1. The van der Waals surface area contributed by atoms with E-state index in [0.717, 1.165) is 16.2 Å². The Hall–Kier alpha value is -3.33. The summed E-state index contributed by atoms with van der Waals surface area (Å²) in [5.41, 5.74) is 0.370. The smallest absolute Gasteiger partial charge is 0.311 e. The molecule has 6 heteroatoms. The molecule has 1 aromatic heterocycles. The van der Waals surface area contributed by atoms with Gasteiger partial charge in [-0.2, -0.15) is 5.26 Å². The summed E-state index contributed by atoms with van der Waals surface area (Å²) < 4.78 is 10.9. The van der Waals surface area contributed by atoms with Crippen LogP contribution in [0.3, 0.4) is 0 Å². The third kappa shape index (κ3) is 4.09. The van der Waals surface area contributed by atoms with Crippen LogP contribution in [0.25, 0.3) is 21.7 Å². The van der Waals surface area contributed by atoms with E-state index in [4.69, 9.17) is 9.15 Å². The van der Waals surface area contributed by atoms with Crippen LogP contribution in [-0.4, -0.2) is 23.5 Å². The molecule has 0 aliphatic carbocycles. The molecule has 150 valence electrons. The second-order valence-electron chi connectivity index (χ2n) is 7.69. The zero-order valence-corrected chi connectivity index (χ0v) is 17.0. The molecule has 0 aliphatic heterocycles. The van der Waals surface area contributed by atoms with Crippen molar-refractivity contribution in [2.24, 2.45) is 5.92 Å². The van der Waals surface area contributed by atoms with Crippen molar-refractivity contribution in [3.05, 3.63) is 48.2 Å². The van der Waals surface area contributed by atoms with Crippen LogP contribution in [0.2, 0.25) is 0 Å². The number of hydrogen-bond acceptors (Lipinski definition) is 5. The molecular formula is C23H24N2O4. The van der Waals surface area contributed by atoms with Crippen molar-refractivity contribution in [3.8, 4) is 6.07 Å². The quantitative estimate of drug-likeness (QED) is 0.637. The zero-order valence-electron chi connectivity index (χ0n) is 17.0. The predicted octanol–water partition coefficient (Wildman–Crippen LogP) is 4.11. The molecular weight excluding hydrogens is 368 g/mol. The third-order valence-electron chi connectivity index (χ3n) is 5.32. The van der Waals surface area contributed by atoms with Gasteiger partial charge < -0.3 is 14.5 Å². The number of benzene rings is 2. The van der Waals surface area contributed by atoms with Crippen LogP contribution in [0.1, 0.15) is 33.3 Å². The molecule has 2 aromatic carbocycles. The van der Waals surface area contributed by atoms with Crippen molar-refractivity contribution in [1.82, 2.24) is 5.32 Å². The van der Waals surface area contributed by atoms with Crippen molar-refractivity contribution in [1.29, 1.82) is 5.26 Å². The molecule has 0 bridgehead atoms. The lowest BCUT2D eigenvalue weighted by molar-refractivity contribution is -0.154. The molecule has 3 aromatic rings. The number of rotatable bonds is 6. The molecule has 0 fully saturated rings. The maximum atomic E-state index is 12.5. The SMILES string of the molecule is CC(C)[C@@](C)(C#N)NC(=O)[C@@H](C)OC(=O)Cc1coc2ccc3ccccc3c12. The van der Waals surface area contributed by atoms with Crippen molar-refractivity contribution < 1.29 is 18.7 Å². The predicted molar refractivity (Wildman–Crippen MR) is 110 cm³/mol. The highest BCUT2D eigenvalue weighted by atomic mass is 16.5. The van der Waals surface area contributed by atoms with Crippen molar-refractivity contribution >= 4 is 33.6 Å². The maximum absolute atomic E-state index is 12.5. The van der Waals surface area contributed by atoms with Crippen molar-refractivity contribution in [2.75, 3.05) is 0 Å². The summed E-state index contributed by atoms with van der Waals surface area (Å²) in [4.78, 5) is 24.9. The molecule has 1 amide bonds. The normalized spacial score (nSPS) is 14.3. The molecule has 0 spiro atoms. The molecule has 3 rings (SSSR count). The van der Waals surface area contributed by atoms with Gasteiger partial charge in [0.05, 0.1) is 18.8 Å². The monoisotopic (exact) mass is 392 g/mol. The van der Waals surface area contributed by atoms with Gasteiger partial charge in [-0.05, 0) is 36.6 Å². The van der Waals surface area contributed by atoms with Gasteiger partial charge in [0, 0.05) is 10.9 Å². The number of nitrogens with one attached hydrogen (secondary N) is 1. The van der Waals surface area contributed by atoms with Gasteiger partial charge in [0.15, 0.2) is 6.10 Å². The van der Waals surface area contributed by atoms with Gasteiger partial charge in [-0.25, -0.2) is 0 Å². The number of ether oxygens (including phenoxy) is 1. The summed E-state index contributed by atoms with van der Waals surface area (Å²) >= 11 is 0. The summed E-state index contributed by atoms with van der Waals surface area (Å²) in [7, 11) is 0. The minimum absolute atomic E-state index is 0.0155. The largest absolute Gasteiger partial charge is 0.464 e. The molecule has 0 saturated heterocycles. The molecule has 1 heterocycles. The molecule has 2 atom stereocenters. The Morgan fingerprint density at radius 1 is 1.21 bits per heavy atom. The fraction of sp³-hybridized carbons (Fsp3) is 0.348. The highest BCUT2D eigenvalue weighted by molar-refractivity contribution is 6.08. The van der Waals surface area contributed by atoms with Gasteiger partial charge in [-0.3, -0.25) is 9.59 Å².